The number of halogens is 2. The van der Waals surface area contributed by atoms with Gasteiger partial charge in [-0.15, -0.1) is 0 Å². The molecule has 0 spiro atoms. The number of nitrogen functional groups attached to an aromatic ring is 1. The molecule has 0 unspecified atom stereocenters. The van der Waals surface area contributed by atoms with Crippen molar-refractivity contribution in [1.82, 2.24) is 9.78 Å². The van der Waals surface area contributed by atoms with Crippen molar-refractivity contribution in [3.8, 4) is 0 Å². The summed E-state index contributed by atoms with van der Waals surface area (Å²) in [5.41, 5.74) is 6.90. The number of aryl methyl sites for hydroxylation is 2. The minimum absolute atomic E-state index is 0.363. The quantitative estimate of drug-likeness (QED) is 0.702. The lowest BCUT2D eigenvalue weighted by Gasteiger charge is -2.15. The molecular weight excluding hydrogens is 230 g/mol. The maximum atomic E-state index is 12.9. The van der Waals surface area contributed by atoms with Crippen LogP contribution in [-0.4, -0.2) is 34.0 Å². The third-order valence-corrected chi connectivity index (χ3v) is 2.39. The van der Waals surface area contributed by atoms with Crippen molar-refractivity contribution < 1.29 is 13.9 Å². The molecule has 4 N–H and O–H groups in total. The van der Waals surface area contributed by atoms with Crippen molar-refractivity contribution in [3.05, 3.63) is 5.69 Å². The average molecular weight is 248 g/mol. The van der Waals surface area contributed by atoms with E-state index in [0.717, 1.165) is 6.42 Å². The topological polar surface area (TPSA) is 76.1 Å². The van der Waals surface area contributed by atoms with Crippen LogP contribution in [-0.2, 0) is 13.5 Å². The van der Waals surface area contributed by atoms with Crippen molar-refractivity contribution in [1.29, 1.82) is 0 Å². The van der Waals surface area contributed by atoms with Crippen molar-refractivity contribution in [3.63, 3.8) is 0 Å². The summed E-state index contributed by atoms with van der Waals surface area (Å²) in [5, 5.41) is 15.1. The average Bonchev–Trinajstić information content (AvgIpc) is 2.53. The molecule has 0 radical (unpaired) electrons. The fraction of sp³-hybridized carbons (Fsp3) is 0.700. The maximum Gasteiger partial charge on any atom is 0.287 e. The minimum Gasteiger partial charge on any atom is -0.394 e. The van der Waals surface area contributed by atoms with Crippen LogP contribution in [0.4, 0.5) is 20.3 Å². The van der Waals surface area contributed by atoms with Gasteiger partial charge in [-0.05, 0) is 6.42 Å². The van der Waals surface area contributed by atoms with Gasteiger partial charge in [0.05, 0.1) is 17.9 Å². The van der Waals surface area contributed by atoms with E-state index in [9.17, 15) is 8.78 Å². The number of hydrogen-bond donors (Lipinski definition) is 3. The zero-order valence-electron chi connectivity index (χ0n) is 10.0. The Bertz CT molecular complexity index is 379. The van der Waals surface area contributed by atoms with E-state index in [2.05, 4.69) is 10.4 Å². The highest BCUT2D eigenvalue weighted by Crippen LogP contribution is 2.24. The summed E-state index contributed by atoms with van der Waals surface area (Å²) in [7, 11) is 1.63. The minimum atomic E-state index is -3.17. The second-order valence-electron chi connectivity index (χ2n) is 3.95. The molecule has 5 nitrogen and oxygen atoms in total. The fourth-order valence-corrected chi connectivity index (χ4v) is 1.50. The number of nitrogens with one attached hydrogen (secondary N) is 1. The molecule has 0 aliphatic heterocycles. The molecular formula is C10H18F2N4O. The van der Waals surface area contributed by atoms with Crippen molar-refractivity contribution in [2.24, 2.45) is 7.05 Å². The highest BCUT2D eigenvalue weighted by Gasteiger charge is 2.28. The number of rotatable bonds is 6. The Morgan fingerprint density at radius 2 is 2.18 bits per heavy atom. The van der Waals surface area contributed by atoms with Crippen molar-refractivity contribution >= 4 is 11.5 Å². The molecule has 7 heteroatoms. The van der Waals surface area contributed by atoms with Gasteiger partial charge in [0.15, 0.2) is 0 Å². The van der Waals surface area contributed by atoms with E-state index in [-0.39, 0.29) is 0 Å². The second-order valence-corrected chi connectivity index (χ2v) is 3.95. The van der Waals surface area contributed by atoms with Crippen LogP contribution < -0.4 is 11.1 Å². The van der Waals surface area contributed by atoms with Crippen LogP contribution in [0.5, 0.6) is 0 Å². The molecule has 1 aromatic rings. The fourth-order valence-electron chi connectivity index (χ4n) is 1.50. The molecule has 0 saturated carbocycles. The van der Waals surface area contributed by atoms with Gasteiger partial charge >= 0.3 is 0 Å². The normalized spacial score (nSPS) is 11.8. The molecule has 1 rings (SSSR count). The van der Waals surface area contributed by atoms with Gasteiger partial charge in [-0.1, -0.05) is 13.3 Å². The van der Waals surface area contributed by atoms with Crippen LogP contribution in [0.2, 0.25) is 0 Å². The van der Waals surface area contributed by atoms with Gasteiger partial charge in [0, 0.05) is 7.05 Å². The molecule has 0 aliphatic carbocycles. The zero-order chi connectivity index (χ0) is 13.1. The lowest BCUT2D eigenvalue weighted by atomic mass is 10.2. The number of aromatic nitrogens is 2. The van der Waals surface area contributed by atoms with E-state index in [1.165, 1.54) is 4.68 Å². The molecule has 0 aromatic carbocycles. The Kier molecular flexibility index (Phi) is 4.28. The highest BCUT2D eigenvalue weighted by molar-refractivity contribution is 5.65. The number of nitrogens with zero attached hydrogens (tertiary/aromatic N) is 2. The third-order valence-electron chi connectivity index (χ3n) is 2.39. The molecule has 0 fully saturated rings. The Morgan fingerprint density at radius 1 is 1.53 bits per heavy atom. The number of alkyl halides is 2. The smallest absolute Gasteiger partial charge is 0.287 e. The van der Waals surface area contributed by atoms with E-state index in [1.54, 1.807) is 7.05 Å². The summed E-state index contributed by atoms with van der Waals surface area (Å²) >= 11 is 0. The van der Waals surface area contributed by atoms with Crippen LogP contribution in [0.15, 0.2) is 0 Å². The van der Waals surface area contributed by atoms with E-state index < -0.39 is 19.1 Å². The Labute approximate surface area is 98.6 Å². The van der Waals surface area contributed by atoms with Gasteiger partial charge in [0.2, 0.25) is 0 Å². The van der Waals surface area contributed by atoms with Crippen LogP contribution in [0, 0.1) is 0 Å². The summed E-state index contributed by atoms with van der Waals surface area (Å²) in [4.78, 5) is 0. The van der Waals surface area contributed by atoms with Crippen LogP contribution in [0.3, 0.4) is 0 Å². The number of hydrogen-bond acceptors (Lipinski definition) is 4. The van der Waals surface area contributed by atoms with E-state index in [4.69, 9.17) is 10.8 Å². The van der Waals surface area contributed by atoms with E-state index in [1.807, 2.05) is 6.92 Å². The first kappa shape index (κ1) is 13.7. The zero-order valence-corrected chi connectivity index (χ0v) is 10.0. The van der Waals surface area contributed by atoms with Gasteiger partial charge in [0.25, 0.3) is 5.92 Å². The Hall–Kier alpha value is -1.37. The number of anilines is 2. The van der Waals surface area contributed by atoms with Gasteiger partial charge in [-0.2, -0.15) is 5.10 Å². The van der Waals surface area contributed by atoms with Gasteiger partial charge in [-0.3, -0.25) is 4.68 Å². The summed E-state index contributed by atoms with van der Waals surface area (Å²) in [5.74, 6) is -2.80. The van der Waals surface area contributed by atoms with Gasteiger partial charge < -0.3 is 16.2 Å². The summed E-state index contributed by atoms with van der Waals surface area (Å²) in [6.45, 7) is 0.125. The Balaban J connectivity index is 2.77. The summed E-state index contributed by atoms with van der Waals surface area (Å²) in [6.07, 6.45) is 1.59. The van der Waals surface area contributed by atoms with Crippen LogP contribution >= 0.6 is 0 Å². The maximum absolute atomic E-state index is 12.9. The largest absolute Gasteiger partial charge is 0.394 e. The highest BCUT2D eigenvalue weighted by atomic mass is 19.3. The number of nitrogens with two attached hydrogens (primary N) is 1. The third kappa shape index (κ3) is 3.29. The molecule has 1 aromatic heterocycles. The number of aliphatic hydroxyl groups is 1. The monoisotopic (exact) mass is 248 g/mol. The molecule has 0 amide bonds. The van der Waals surface area contributed by atoms with E-state index in [0.29, 0.717) is 23.6 Å². The van der Waals surface area contributed by atoms with Crippen LogP contribution in [0.1, 0.15) is 19.0 Å². The molecule has 1 heterocycles. The second kappa shape index (κ2) is 5.31. The molecule has 98 valence electrons. The van der Waals surface area contributed by atoms with Crippen molar-refractivity contribution in [2.45, 2.75) is 25.7 Å². The number of aliphatic hydroxyl groups excluding tert-OH is 1. The first-order valence-corrected chi connectivity index (χ1v) is 5.45. The first-order chi connectivity index (χ1) is 7.91. The van der Waals surface area contributed by atoms with Gasteiger partial charge in [0.1, 0.15) is 12.4 Å². The lowest BCUT2D eigenvalue weighted by molar-refractivity contribution is -0.0373. The molecule has 17 heavy (non-hydrogen) atoms. The lowest BCUT2D eigenvalue weighted by Crippen LogP contribution is -2.31. The van der Waals surface area contributed by atoms with Crippen LogP contribution in [0.25, 0.3) is 0 Å². The Morgan fingerprint density at radius 3 is 2.71 bits per heavy atom. The molecule has 0 aliphatic rings. The standard InChI is InChI=1S/C10H18F2N4O/c1-3-4-7-8(13)9(16(2)15-7)14-5-10(11,12)6-17/h14,17H,3-6,13H2,1-2H3. The molecule has 0 bridgehead atoms. The predicted molar refractivity (Wildman–Crippen MR) is 62.1 cm³/mol. The van der Waals surface area contributed by atoms with Gasteiger partial charge in [-0.25, -0.2) is 8.78 Å². The predicted octanol–water partition coefficient (Wildman–Crippen LogP) is 0.994. The van der Waals surface area contributed by atoms with E-state index >= 15 is 0 Å². The van der Waals surface area contributed by atoms with Crippen molar-refractivity contribution in [2.75, 3.05) is 24.2 Å². The molecule has 0 saturated heterocycles. The summed E-state index contributed by atoms with van der Waals surface area (Å²) < 4.78 is 27.2. The summed E-state index contributed by atoms with van der Waals surface area (Å²) in [6, 6.07) is 0. The first-order valence-electron chi connectivity index (χ1n) is 5.45. The molecule has 0 atom stereocenters. The SMILES string of the molecule is CCCc1nn(C)c(NCC(F)(F)CO)c1N.